The number of nitrogens with zero attached hydrogens (tertiary/aromatic N) is 2. The molecule has 0 saturated carbocycles. The molecule has 0 bridgehead atoms. The number of aromatic carboxylic acids is 1. The molecule has 0 aliphatic carbocycles. The summed E-state index contributed by atoms with van der Waals surface area (Å²) >= 11 is 5.97. The number of aliphatic imine (C=N–C) groups is 1. The fraction of sp³-hybridized carbons (Fsp3) is 0.263. The lowest BCUT2D eigenvalue weighted by molar-refractivity contribution is 0.0697. The molecule has 0 aromatic heterocycles. The Kier molecular flexibility index (Phi) is 4.86. The van der Waals surface area contributed by atoms with Gasteiger partial charge in [-0.05, 0) is 61.2 Å². The van der Waals surface area contributed by atoms with E-state index in [4.69, 9.17) is 16.7 Å². The zero-order valence-corrected chi connectivity index (χ0v) is 14.3. The molecule has 1 fully saturated rings. The summed E-state index contributed by atoms with van der Waals surface area (Å²) in [6.07, 6.45) is 4.31. The van der Waals surface area contributed by atoms with Crippen LogP contribution in [0.15, 0.2) is 41.4 Å². The van der Waals surface area contributed by atoms with Gasteiger partial charge in [-0.15, -0.1) is 0 Å². The van der Waals surface area contributed by atoms with Gasteiger partial charge in [0.05, 0.1) is 16.3 Å². The van der Waals surface area contributed by atoms with Gasteiger partial charge in [0.2, 0.25) is 0 Å². The normalized spacial score (nSPS) is 14.5. The molecular weight excluding hydrogens is 324 g/mol. The van der Waals surface area contributed by atoms with Crippen molar-refractivity contribution < 1.29 is 9.90 Å². The number of hydrogen-bond donors (Lipinski definition) is 1. The predicted molar refractivity (Wildman–Crippen MR) is 98.3 cm³/mol. The lowest BCUT2D eigenvalue weighted by atomic mass is 10.1. The van der Waals surface area contributed by atoms with Crippen molar-refractivity contribution in [1.29, 1.82) is 0 Å². The standard InChI is InChI=1S/C19H19ClN2O2/c1-13-10-16(22-8-2-3-9-22)6-4-14(13)12-21-15-5-7-17(19(23)24)18(20)11-15/h4-7,10-12H,2-3,8-9H2,1H3,(H,23,24). The van der Waals surface area contributed by atoms with Crippen LogP contribution >= 0.6 is 11.6 Å². The van der Waals surface area contributed by atoms with E-state index in [1.807, 2.05) is 0 Å². The first-order chi connectivity index (χ1) is 11.5. The SMILES string of the molecule is Cc1cc(N2CCCC2)ccc1C=Nc1ccc(C(=O)O)c(Cl)c1. The average Bonchev–Trinajstić information content (AvgIpc) is 3.08. The van der Waals surface area contributed by atoms with Crippen LogP contribution in [0, 0.1) is 6.92 Å². The number of hydrogen-bond acceptors (Lipinski definition) is 3. The average molecular weight is 343 g/mol. The summed E-state index contributed by atoms with van der Waals surface area (Å²) < 4.78 is 0. The third kappa shape index (κ3) is 3.60. The summed E-state index contributed by atoms with van der Waals surface area (Å²) in [5, 5.41) is 9.18. The van der Waals surface area contributed by atoms with Gasteiger partial charge in [-0.3, -0.25) is 4.99 Å². The van der Waals surface area contributed by atoms with Crippen molar-refractivity contribution >= 4 is 35.2 Å². The van der Waals surface area contributed by atoms with Crippen molar-refractivity contribution in [2.24, 2.45) is 4.99 Å². The van der Waals surface area contributed by atoms with E-state index in [9.17, 15) is 4.79 Å². The second-order valence-electron chi connectivity index (χ2n) is 5.96. The molecular formula is C19H19ClN2O2. The van der Waals surface area contributed by atoms with Crippen molar-refractivity contribution in [3.63, 3.8) is 0 Å². The molecule has 1 saturated heterocycles. The Labute approximate surface area is 146 Å². The second kappa shape index (κ2) is 7.05. The summed E-state index contributed by atoms with van der Waals surface area (Å²) in [6, 6.07) is 11.1. The number of aryl methyl sites for hydroxylation is 1. The van der Waals surface area contributed by atoms with Gasteiger partial charge in [-0.2, -0.15) is 0 Å². The Balaban J connectivity index is 1.79. The first-order valence-corrected chi connectivity index (χ1v) is 8.35. The van der Waals surface area contributed by atoms with Crippen LogP contribution in [-0.4, -0.2) is 30.4 Å². The third-order valence-corrected chi connectivity index (χ3v) is 4.57. The first-order valence-electron chi connectivity index (χ1n) is 7.97. The van der Waals surface area contributed by atoms with Crippen LogP contribution in [0.3, 0.4) is 0 Å². The Bertz CT molecular complexity index is 796. The highest BCUT2D eigenvalue weighted by Gasteiger charge is 2.12. The van der Waals surface area contributed by atoms with Crippen molar-refractivity contribution in [3.8, 4) is 0 Å². The van der Waals surface area contributed by atoms with Crippen LogP contribution in [-0.2, 0) is 0 Å². The summed E-state index contributed by atoms with van der Waals surface area (Å²) in [7, 11) is 0. The predicted octanol–water partition coefficient (Wildman–Crippen LogP) is 4.70. The fourth-order valence-corrected chi connectivity index (χ4v) is 3.13. The molecule has 2 aromatic carbocycles. The Morgan fingerprint density at radius 3 is 2.58 bits per heavy atom. The molecule has 1 heterocycles. The summed E-state index contributed by atoms with van der Waals surface area (Å²) in [5.41, 5.74) is 4.18. The maximum absolute atomic E-state index is 11.0. The highest BCUT2D eigenvalue weighted by molar-refractivity contribution is 6.33. The molecule has 0 atom stereocenters. The Morgan fingerprint density at radius 2 is 1.96 bits per heavy atom. The van der Waals surface area contributed by atoms with Crippen molar-refractivity contribution in [3.05, 3.63) is 58.1 Å². The van der Waals surface area contributed by atoms with Gasteiger partial charge in [0, 0.05) is 25.0 Å². The number of carboxylic acid groups (broad SMARTS) is 1. The Morgan fingerprint density at radius 1 is 1.21 bits per heavy atom. The minimum absolute atomic E-state index is 0.0850. The summed E-state index contributed by atoms with van der Waals surface area (Å²) in [5.74, 6) is -1.04. The van der Waals surface area contributed by atoms with Gasteiger partial charge >= 0.3 is 5.97 Å². The quantitative estimate of drug-likeness (QED) is 0.819. The second-order valence-corrected chi connectivity index (χ2v) is 6.37. The van der Waals surface area contributed by atoms with Crippen LogP contribution in [0.1, 0.15) is 34.3 Å². The lowest BCUT2D eigenvalue weighted by Gasteiger charge is -2.18. The minimum Gasteiger partial charge on any atom is -0.478 e. The van der Waals surface area contributed by atoms with Crippen molar-refractivity contribution in [2.75, 3.05) is 18.0 Å². The Hall–Kier alpha value is -2.33. The molecule has 0 amide bonds. The van der Waals surface area contributed by atoms with Gasteiger partial charge in [0.25, 0.3) is 0 Å². The van der Waals surface area contributed by atoms with E-state index in [0.717, 1.165) is 24.2 Å². The van der Waals surface area contributed by atoms with Gasteiger partial charge in [-0.25, -0.2) is 4.79 Å². The van der Waals surface area contributed by atoms with E-state index in [1.165, 1.54) is 24.6 Å². The highest BCUT2D eigenvalue weighted by atomic mass is 35.5. The van der Waals surface area contributed by atoms with E-state index in [-0.39, 0.29) is 10.6 Å². The number of carboxylic acids is 1. The number of anilines is 1. The fourth-order valence-electron chi connectivity index (χ4n) is 2.88. The molecule has 24 heavy (non-hydrogen) atoms. The topological polar surface area (TPSA) is 52.9 Å². The smallest absolute Gasteiger partial charge is 0.337 e. The van der Waals surface area contributed by atoms with Gasteiger partial charge in [0.15, 0.2) is 0 Å². The number of carbonyl (C=O) groups is 1. The summed E-state index contributed by atoms with van der Waals surface area (Å²) in [6.45, 7) is 4.32. The monoisotopic (exact) mass is 342 g/mol. The van der Waals surface area contributed by atoms with E-state index < -0.39 is 5.97 Å². The molecule has 3 rings (SSSR count). The largest absolute Gasteiger partial charge is 0.478 e. The lowest BCUT2D eigenvalue weighted by Crippen LogP contribution is -2.17. The molecule has 5 heteroatoms. The molecule has 0 unspecified atom stereocenters. The molecule has 1 aliphatic rings. The van der Waals surface area contributed by atoms with Gasteiger partial charge < -0.3 is 10.0 Å². The van der Waals surface area contributed by atoms with Gasteiger partial charge in [0.1, 0.15) is 0 Å². The molecule has 124 valence electrons. The maximum atomic E-state index is 11.0. The van der Waals surface area contributed by atoms with Crippen LogP contribution < -0.4 is 4.90 Å². The van der Waals surface area contributed by atoms with E-state index in [1.54, 1.807) is 18.3 Å². The van der Waals surface area contributed by atoms with Crippen molar-refractivity contribution in [1.82, 2.24) is 0 Å². The zero-order chi connectivity index (χ0) is 17.1. The maximum Gasteiger partial charge on any atom is 0.337 e. The minimum atomic E-state index is -1.04. The highest BCUT2D eigenvalue weighted by Crippen LogP contribution is 2.25. The first kappa shape index (κ1) is 16.5. The van der Waals surface area contributed by atoms with E-state index in [2.05, 4.69) is 35.0 Å². The molecule has 0 radical (unpaired) electrons. The number of halogens is 1. The molecule has 1 aliphatic heterocycles. The van der Waals surface area contributed by atoms with Crippen LogP contribution in [0.2, 0.25) is 5.02 Å². The molecule has 1 N–H and O–H groups in total. The van der Waals surface area contributed by atoms with Crippen LogP contribution in [0.4, 0.5) is 11.4 Å². The number of benzene rings is 2. The summed E-state index contributed by atoms with van der Waals surface area (Å²) in [4.78, 5) is 17.8. The molecule has 0 spiro atoms. The van der Waals surface area contributed by atoms with Crippen molar-refractivity contribution in [2.45, 2.75) is 19.8 Å². The van der Waals surface area contributed by atoms with E-state index in [0.29, 0.717) is 5.69 Å². The third-order valence-electron chi connectivity index (χ3n) is 4.26. The molecule has 2 aromatic rings. The number of rotatable bonds is 4. The van der Waals surface area contributed by atoms with Crippen LogP contribution in [0.25, 0.3) is 0 Å². The van der Waals surface area contributed by atoms with Crippen LogP contribution in [0.5, 0.6) is 0 Å². The van der Waals surface area contributed by atoms with E-state index >= 15 is 0 Å². The van der Waals surface area contributed by atoms with Gasteiger partial charge in [-0.1, -0.05) is 17.7 Å². The zero-order valence-electron chi connectivity index (χ0n) is 13.5. The molecule has 4 nitrogen and oxygen atoms in total.